The number of hydrogen-bond acceptors (Lipinski definition) is 4. The number of nitrogens with zero attached hydrogens (tertiary/aromatic N) is 1. The van der Waals surface area contributed by atoms with Gasteiger partial charge >= 0.3 is 0 Å². The minimum Gasteiger partial charge on any atom is -0.324 e. The Hall–Kier alpha value is -0.840. The van der Waals surface area contributed by atoms with Crippen molar-refractivity contribution in [2.24, 2.45) is 5.73 Å². The van der Waals surface area contributed by atoms with Gasteiger partial charge in [-0.05, 0) is 25.0 Å². The van der Waals surface area contributed by atoms with Crippen LogP contribution in [0.15, 0.2) is 38.9 Å². The van der Waals surface area contributed by atoms with Crippen molar-refractivity contribution in [3.8, 4) is 0 Å². The van der Waals surface area contributed by atoms with E-state index in [-0.39, 0.29) is 6.04 Å². The number of aryl methyl sites for hydroxylation is 1. The Labute approximate surface area is 110 Å². The van der Waals surface area contributed by atoms with Gasteiger partial charge in [-0.3, -0.25) is 0 Å². The van der Waals surface area contributed by atoms with Crippen molar-refractivity contribution in [3.63, 3.8) is 0 Å². The molecule has 0 radical (unpaired) electrons. The Morgan fingerprint density at radius 3 is 2.82 bits per heavy atom. The van der Waals surface area contributed by atoms with Crippen LogP contribution in [0.25, 0.3) is 0 Å². The second-order valence-corrected chi connectivity index (χ2v) is 6.06. The summed E-state index contributed by atoms with van der Waals surface area (Å²) in [5.74, 6) is 0. The van der Waals surface area contributed by atoms with E-state index in [0.29, 0.717) is 0 Å². The van der Waals surface area contributed by atoms with Crippen LogP contribution in [0.1, 0.15) is 30.6 Å². The van der Waals surface area contributed by atoms with E-state index in [9.17, 15) is 0 Å². The summed E-state index contributed by atoms with van der Waals surface area (Å²) >= 11 is 3.39. The third-order valence-corrected chi connectivity index (χ3v) is 4.70. The molecule has 90 valence electrons. The highest BCUT2D eigenvalue weighted by atomic mass is 32.2. The van der Waals surface area contributed by atoms with Crippen molar-refractivity contribution < 1.29 is 0 Å². The summed E-state index contributed by atoms with van der Waals surface area (Å²) in [6.45, 7) is 4.13. The second kappa shape index (κ2) is 5.67. The predicted octanol–water partition coefficient (Wildman–Crippen LogP) is 4.01. The van der Waals surface area contributed by atoms with Crippen LogP contribution in [0.2, 0.25) is 0 Å². The summed E-state index contributed by atoms with van der Waals surface area (Å²) in [5, 5.41) is 2.07. The molecule has 17 heavy (non-hydrogen) atoms. The summed E-state index contributed by atoms with van der Waals surface area (Å²) in [4.78, 5) is 5.69. The third kappa shape index (κ3) is 3.09. The quantitative estimate of drug-likeness (QED) is 0.906. The number of aromatic nitrogens is 1. The summed E-state index contributed by atoms with van der Waals surface area (Å²) in [6, 6.07) is 8.43. The van der Waals surface area contributed by atoms with Crippen molar-refractivity contribution in [1.29, 1.82) is 0 Å². The second-order valence-electron chi connectivity index (χ2n) is 3.91. The molecule has 0 spiro atoms. The minimum atomic E-state index is 0.111. The Morgan fingerprint density at radius 2 is 2.18 bits per heavy atom. The van der Waals surface area contributed by atoms with Crippen LogP contribution in [0.3, 0.4) is 0 Å². The zero-order valence-corrected chi connectivity index (χ0v) is 11.6. The molecule has 1 aromatic carbocycles. The Kier molecular flexibility index (Phi) is 4.20. The van der Waals surface area contributed by atoms with E-state index in [1.807, 2.05) is 13.0 Å². The van der Waals surface area contributed by atoms with Crippen molar-refractivity contribution >= 4 is 23.1 Å². The van der Waals surface area contributed by atoms with E-state index < -0.39 is 0 Å². The molecule has 1 atom stereocenters. The van der Waals surface area contributed by atoms with Crippen LogP contribution in [-0.2, 0) is 0 Å². The molecule has 2 N–H and O–H groups in total. The number of benzene rings is 1. The van der Waals surface area contributed by atoms with E-state index in [1.54, 1.807) is 23.1 Å². The molecule has 0 bridgehead atoms. The van der Waals surface area contributed by atoms with Gasteiger partial charge < -0.3 is 5.73 Å². The van der Waals surface area contributed by atoms with E-state index in [1.165, 1.54) is 10.5 Å². The Balaban J connectivity index is 2.26. The Morgan fingerprint density at radius 1 is 1.41 bits per heavy atom. The zero-order valence-electron chi connectivity index (χ0n) is 10.0. The molecule has 0 amide bonds. The third-order valence-electron chi connectivity index (χ3n) is 2.55. The van der Waals surface area contributed by atoms with Gasteiger partial charge in [0.05, 0.1) is 0 Å². The fourth-order valence-electron chi connectivity index (χ4n) is 1.57. The summed E-state index contributed by atoms with van der Waals surface area (Å²) < 4.78 is 1.08. The van der Waals surface area contributed by atoms with Gasteiger partial charge in [-0.1, -0.05) is 36.9 Å². The molecule has 2 rings (SSSR count). The van der Waals surface area contributed by atoms with Crippen LogP contribution in [0.5, 0.6) is 0 Å². The van der Waals surface area contributed by atoms with Crippen LogP contribution >= 0.6 is 23.1 Å². The smallest absolute Gasteiger partial charge is 0.154 e. The van der Waals surface area contributed by atoms with Gasteiger partial charge in [0.15, 0.2) is 4.34 Å². The molecule has 0 unspecified atom stereocenters. The Bertz CT molecular complexity index is 494. The SMILES string of the molecule is CC[C@H](N)c1ccccc1Sc1nc(C)cs1. The zero-order chi connectivity index (χ0) is 12.3. The van der Waals surface area contributed by atoms with Gasteiger partial charge in [0.2, 0.25) is 0 Å². The molecule has 0 aliphatic carbocycles. The molecular formula is C13H16N2S2. The fraction of sp³-hybridized carbons (Fsp3) is 0.308. The lowest BCUT2D eigenvalue weighted by Gasteiger charge is -2.13. The first-order valence-corrected chi connectivity index (χ1v) is 7.34. The molecule has 1 heterocycles. The van der Waals surface area contributed by atoms with Gasteiger partial charge in [-0.15, -0.1) is 11.3 Å². The van der Waals surface area contributed by atoms with Crippen LogP contribution in [-0.4, -0.2) is 4.98 Å². The molecule has 2 aromatic rings. The summed E-state index contributed by atoms with van der Waals surface area (Å²) in [6.07, 6.45) is 0.953. The van der Waals surface area contributed by atoms with E-state index >= 15 is 0 Å². The number of nitrogens with two attached hydrogens (primary N) is 1. The lowest BCUT2D eigenvalue weighted by Crippen LogP contribution is -2.09. The molecule has 1 aromatic heterocycles. The van der Waals surface area contributed by atoms with Gasteiger partial charge in [-0.25, -0.2) is 4.98 Å². The van der Waals surface area contributed by atoms with Gasteiger partial charge in [0.1, 0.15) is 0 Å². The average molecular weight is 264 g/mol. The average Bonchev–Trinajstić information content (AvgIpc) is 2.74. The maximum absolute atomic E-state index is 6.12. The van der Waals surface area contributed by atoms with E-state index in [0.717, 1.165) is 16.5 Å². The molecule has 0 fully saturated rings. The van der Waals surface area contributed by atoms with Crippen molar-refractivity contribution in [2.45, 2.75) is 35.5 Å². The lowest BCUT2D eigenvalue weighted by molar-refractivity contribution is 0.685. The van der Waals surface area contributed by atoms with Crippen molar-refractivity contribution in [1.82, 2.24) is 4.98 Å². The largest absolute Gasteiger partial charge is 0.324 e. The van der Waals surface area contributed by atoms with Crippen molar-refractivity contribution in [2.75, 3.05) is 0 Å². The van der Waals surface area contributed by atoms with Gasteiger partial charge in [0.25, 0.3) is 0 Å². The first kappa shape index (κ1) is 12.6. The predicted molar refractivity (Wildman–Crippen MR) is 74.6 cm³/mol. The number of thiazole rings is 1. The fourth-order valence-corrected chi connectivity index (χ4v) is 3.56. The normalized spacial score (nSPS) is 12.6. The van der Waals surface area contributed by atoms with Crippen molar-refractivity contribution in [3.05, 3.63) is 40.9 Å². The number of rotatable bonds is 4. The molecular weight excluding hydrogens is 248 g/mol. The van der Waals surface area contributed by atoms with E-state index in [2.05, 4.69) is 35.5 Å². The maximum atomic E-state index is 6.12. The van der Waals surface area contributed by atoms with Crippen LogP contribution < -0.4 is 5.73 Å². The summed E-state index contributed by atoms with van der Waals surface area (Å²) in [7, 11) is 0. The molecule has 0 aliphatic heterocycles. The standard InChI is InChI=1S/C13H16N2S2/c1-3-11(14)10-6-4-5-7-12(10)17-13-15-9(2)8-16-13/h4-8,11H,3,14H2,1-2H3/t11-/m0/s1. The number of hydrogen-bond donors (Lipinski definition) is 1. The first-order valence-electron chi connectivity index (χ1n) is 5.65. The maximum Gasteiger partial charge on any atom is 0.154 e. The topological polar surface area (TPSA) is 38.9 Å². The molecule has 4 heteroatoms. The minimum absolute atomic E-state index is 0.111. The molecule has 2 nitrogen and oxygen atoms in total. The van der Waals surface area contributed by atoms with Gasteiger partial charge in [-0.2, -0.15) is 0 Å². The monoisotopic (exact) mass is 264 g/mol. The highest BCUT2D eigenvalue weighted by Crippen LogP contribution is 2.34. The van der Waals surface area contributed by atoms with Crippen LogP contribution in [0.4, 0.5) is 0 Å². The lowest BCUT2D eigenvalue weighted by atomic mass is 10.1. The highest BCUT2D eigenvalue weighted by Gasteiger charge is 2.11. The van der Waals surface area contributed by atoms with Gasteiger partial charge in [0, 0.05) is 22.0 Å². The first-order chi connectivity index (χ1) is 8.20. The van der Waals surface area contributed by atoms with E-state index in [4.69, 9.17) is 5.73 Å². The van der Waals surface area contributed by atoms with Crippen LogP contribution in [0, 0.1) is 6.92 Å². The summed E-state index contributed by atoms with van der Waals surface area (Å²) in [5.41, 5.74) is 8.42. The highest BCUT2D eigenvalue weighted by molar-refractivity contribution is 8.01. The molecule has 0 saturated heterocycles. The molecule has 0 aliphatic rings. The molecule has 0 saturated carbocycles.